The summed E-state index contributed by atoms with van der Waals surface area (Å²) >= 11 is 0. The zero-order valence-electron chi connectivity index (χ0n) is 12.9. The van der Waals surface area contributed by atoms with Crippen LogP contribution in [0.4, 0.5) is 10.5 Å². The maximum absolute atomic E-state index is 11.7. The SMILES string of the molecule is CC(C)(C)OC(=O)Nc1ccc(C#Cc2ccncc2)cc1. The highest BCUT2D eigenvalue weighted by molar-refractivity contribution is 5.84. The number of aromatic nitrogens is 1. The smallest absolute Gasteiger partial charge is 0.412 e. The Hall–Kier alpha value is -2.80. The van der Waals surface area contributed by atoms with Gasteiger partial charge in [0, 0.05) is 29.2 Å². The van der Waals surface area contributed by atoms with Gasteiger partial charge in [-0.1, -0.05) is 11.8 Å². The molecule has 1 aromatic carbocycles. The van der Waals surface area contributed by atoms with Gasteiger partial charge in [-0.2, -0.15) is 0 Å². The molecule has 0 radical (unpaired) electrons. The molecule has 1 N–H and O–H groups in total. The maximum Gasteiger partial charge on any atom is 0.412 e. The highest BCUT2D eigenvalue weighted by Crippen LogP contribution is 2.12. The van der Waals surface area contributed by atoms with E-state index in [2.05, 4.69) is 22.1 Å². The van der Waals surface area contributed by atoms with Crippen molar-refractivity contribution in [3.63, 3.8) is 0 Å². The van der Waals surface area contributed by atoms with Crippen molar-refractivity contribution < 1.29 is 9.53 Å². The number of nitrogens with zero attached hydrogens (tertiary/aromatic N) is 1. The monoisotopic (exact) mass is 294 g/mol. The van der Waals surface area contributed by atoms with Gasteiger partial charge in [0.15, 0.2) is 0 Å². The Kier molecular flexibility index (Phi) is 4.80. The largest absolute Gasteiger partial charge is 0.444 e. The van der Waals surface area contributed by atoms with Crippen molar-refractivity contribution in [2.75, 3.05) is 5.32 Å². The Labute approximate surface area is 130 Å². The number of rotatable bonds is 1. The molecule has 1 aromatic heterocycles. The van der Waals surface area contributed by atoms with Crippen LogP contribution in [0.25, 0.3) is 0 Å². The lowest BCUT2D eigenvalue weighted by Gasteiger charge is -2.19. The summed E-state index contributed by atoms with van der Waals surface area (Å²) in [6.45, 7) is 5.47. The molecule has 0 atom stereocenters. The minimum atomic E-state index is -0.514. The number of ether oxygens (including phenoxy) is 1. The van der Waals surface area contributed by atoms with E-state index in [1.54, 1.807) is 24.5 Å². The van der Waals surface area contributed by atoms with E-state index in [1.165, 1.54) is 0 Å². The fourth-order valence-corrected chi connectivity index (χ4v) is 1.64. The van der Waals surface area contributed by atoms with Crippen molar-refractivity contribution in [1.29, 1.82) is 0 Å². The predicted molar refractivity (Wildman–Crippen MR) is 86.5 cm³/mol. The first-order valence-corrected chi connectivity index (χ1v) is 6.94. The van der Waals surface area contributed by atoms with Crippen molar-refractivity contribution in [3.05, 3.63) is 59.9 Å². The summed E-state index contributed by atoms with van der Waals surface area (Å²) in [5, 5.41) is 2.68. The Morgan fingerprint density at radius 1 is 1.00 bits per heavy atom. The van der Waals surface area contributed by atoms with Gasteiger partial charge in [0.05, 0.1) is 0 Å². The number of nitrogens with one attached hydrogen (secondary N) is 1. The van der Waals surface area contributed by atoms with Crippen molar-refractivity contribution in [2.45, 2.75) is 26.4 Å². The van der Waals surface area contributed by atoms with E-state index in [1.807, 2.05) is 45.0 Å². The van der Waals surface area contributed by atoms with E-state index in [0.717, 1.165) is 11.1 Å². The third-order valence-electron chi connectivity index (χ3n) is 2.56. The van der Waals surface area contributed by atoms with Gasteiger partial charge >= 0.3 is 6.09 Å². The van der Waals surface area contributed by atoms with E-state index in [4.69, 9.17) is 4.74 Å². The Bertz CT molecular complexity index is 690. The average molecular weight is 294 g/mol. The fourth-order valence-electron chi connectivity index (χ4n) is 1.64. The Morgan fingerprint density at radius 3 is 2.09 bits per heavy atom. The lowest BCUT2D eigenvalue weighted by molar-refractivity contribution is 0.0636. The van der Waals surface area contributed by atoms with Crippen LogP contribution in [0.3, 0.4) is 0 Å². The van der Waals surface area contributed by atoms with Gasteiger partial charge in [-0.25, -0.2) is 4.79 Å². The molecule has 0 saturated carbocycles. The molecule has 0 spiro atoms. The van der Waals surface area contributed by atoms with Crippen molar-refractivity contribution >= 4 is 11.8 Å². The molecule has 0 unspecified atom stereocenters. The van der Waals surface area contributed by atoms with E-state index < -0.39 is 11.7 Å². The van der Waals surface area contributed by atoms with Crippen LogP contribution in [-0.4, -0.2) is 16.7 Å². The summed E-state index contributed by atoms with van der Waals surface area (Å²) in [4.78, 5) is 15.6. The third kappa shape index (κ3) is 5.29. The van der Waals surface area contributed by atoms with Crippen LogP contribution in [0.2, 0.25) is 0 Å². The van der Waals surface area contributed by atoms with Gasteiger partial charge in [-0.15, -0.1) is 0 Å². The second-order valence-electron chi connectivity index (χ2n) is 5.69. The molecule has 112 valence electrons. The van der Waals surface area contributed by atoms with E-state index in [9.17, 15) is 4.79 Å². The molecule has 4 nitrogen and oxygen atoms in total. The molecule has 0 fully saturated rings. The summed E-state index contributed by atoms with van der Waals surface area (Å²) in [5.74, 6) is 6.11. The lowest BCUT2D eigenvalue weighted by atomic mass is 10.2. The molecule has 1 amide bonds. The van der Waals surface area contributed by atoms with Crippen molar-refractivity contribution in [2.24, 2.45) is 0 Å². The number of hydrogen-bond donors (Lipinski definition) is 1. The first kappa shape index (κ1) is 15.6. The maximum atomic E-state index is 11.7. The normalized spacial score (nSPS) is 10.3. The van der Waals surface area contributed by atoms with E-state index in [0.29, 0.717) is 5.69 Å². The molecule has 2 rings (SSSR count). The van der Waals surface area contributed by atoms with Gasteiger partial charge in [0.25, 0.3) is 0 Å². The Balaban J connectivity index is 1.99. The summed E-state index contributed by atoms with van der Waals surface area (Å²) < 4.78 is 5.19. The summed E-state index contributed by atoms with van der Waals surface area (Å²) in [6.07, 6.45) is 2.94. The standard InChI is InChI=1S/C18H18N2O2/c1-18(2,3)22-17(21)20-16-8-6-14(7-9-16)4-5-15-10-12-19-13-11-15/h6-13H,1-3H3,(H,20,21). The molecular weight excluding hydrogens is 276 g/mol. The number of hydrogen-bond acceptors (Lipinski definition) is 3. The fraction of sp³-hybridized carbons (Fsp3) is 0.222. The van der Waals surface area contributed by atoms with Crippen LogP contribution < -0.4 is 5.32 Å². The molecular formula is C18H18N2O2. The topological polar surface area (TPSA) is 51.2 Å². The summed E-state index contributed by atoms with van der Waals surface area (Å²) in [5.41, 5.74) is 1.93. The molecule has 4 heteroatoms. The quantitative estimate of drug-likeness (QED) is 0.813. The van der Waals surface area contributed by atoms with Crippen molar-refractivity contribution in [1.82, 2.24) is 4.98 Å². The molecule has 0 aliphatic heterocycles. The Morgan fingerprint density at radius 2 is 1.55 bits per heavy atom. The third-order valence-corrected chi connectivity index (χ3v) is 2.56. The van der Waals surface area contributed by atoms with Gasteiger partial charge in [-0.3, -0.25) is 10.3 Å². The van der Waals surface area contributed by atoms with Crippen LogP contribution in [0.15, 0.2) is 48.8 Å². The van der Waals surface area contributed by atoms with Gasteiger partial charge in [-0.05, 0) is 57.2 Å². The minimum Gasteiger partial charge on any atom is -0.444 e. The van der Waals surface area contributed by atoms with Gasteiger partial charge in [0.1, 0.15) is 5.60 Å². The minimum absolute atomic E-state index is 0.469. The second-order valence-corrected chi connectivity index (χ2v) is 5.69. The molecule has 2 aromatic rings. The van der Waals surface area contributed by atoms with Gasteiger partial charge < -0.3 is 4.74 Å². The number of pyridine rings is 1. The van der Waals surface area contributed by atoms with Crippen LogP contribution in [0.5, 0.6) is 0 Å². The number of anilines is 1. The molecule has 0 aliphatic rings. The predicted octanol–water partition coefficient (Wildman–Crippen LogP) is 3.83. The van der Waals surface area contributed by atoms with Crippen LogP contribution in [0.1, 0.15) is 31.9 Å². The molecule has 22 heavy (non-hydrogen) atoms. The van der Waals surface area contributed by atoms with Crippen molar-refractivity contribution in [3.8, 4) is 11.8 Å². The summed E-state index contributed by atoms with van der Waals surface area (Å²) in [7, 11) is 0. The number of carbonyl (C=O) groups is 1. The number of amides is 1. The number of benzene rings is 1. The first-order chi connectivity index (χ1) is 10.4. The van der Waals surface area contributed by atoms with E-state index >= 15 is 0 Å². The molecule has 0 bridgehead atoms. The highest BCUT2D eigenvalue weighted by Gasteiger charge is 2.15. The zero-order valence-corrected chi connectivity index (χ0v) is 12.9. The van der Waals surface area contributed by atoms with Crippen LogP contribution >= 0.6 is 0 Å². The first-order valence-electron chi connectivity index (χ1n) is 6.94. The highest BCUT2D eigenvalue weighted by atomic mass is 16.6. The molecule has 0 saturated heterocycles. The molecule has 0 aliphatic carbocycles. The van der Waals surface area contributed by atoms with Crippen LogP contribution in [0, 0.1) is 11.8 Å². The summed E-state index contributed by atoms with van der Waals surface area (Å²) in [6, 6.07) is 11.0. The van der Waals surface area contributed by atoms with Gasteiger partial charge in [0.2, 0.25) is 0 Å². The number of carbonyl (C=O) groups excluding carboxylic acids is 1. The van der Waals surface area contributed by atoms with E-state index in [-0.39, 0.29) is 0 Å². The molecule has 1 heterocycles. The zero-order chi connectivity index (χ0) is 16.0. The van der Waals surface area contributed by atoms with Crippen LogP contribution in [-0.2, 0) is 4.74 Å². The second kappa shape index (κ2) is 6.77. The lowest BCUT2D eigenvalue weighted by Crippen LogP contribution is -2.27. The average Bonchev–Trinajstić information content (AvgIpc) is 2.45.